The van der Waals surface area contributed by atoms with Gasteiger partial charge >= 0.3 is 6.03 Å². The van der Waals surface area contributed by atoms with E-state index in [0.29, 0.717) is 18.8 Å². The molecule has 2 heterocycles. The van der Waals surface area contributed by atoms with E-state index in [1.54, 1.807) is 17.2 Å². The number of hydrogen-bond donors (Lipinski definition) is 1. The molecule has 1 aliphatic heterocycles. The van der Waals surface area contributed by atoms with E-state index in [1.165, 1.54) is 0 Å². The predicted octanol–water partition coefficient (Wildman–Crippen LogP) is 3.75. The fourth-order valence-corrected chi connectivity index (χ4v) is 2.92. The summed E-state index contributed by atoms with van der Waals surface area (Å²) in [6.45, 7) is 7.19. The highest BCUT2D eigenvalue weighted by Gasteiger charge is 2.31. The zero-order valence-electron chi connectivity index (χ0n) is 14.5. The molecule has 1 fully saturated rings. The van der Waals surface area contributed by atoms with Crippen LogP contribution >= 0.6 is 11.6 Å². The van der Waals surface area contributed by atoms with E-state index in [0.717, 1.165) is 16.8 Å². The van der Waals surface area contributed by atoms with Gasteiger partial charge in [-0.25, -0.2) is 14.8 Å². The molecule has 0 unspecified atom stereocenters. The van der Waals surface area contributed by atoms with Crippen LogP contribution in [-0.4, -0.2) is 46.2 Å². The van der Waals surface area contributed by atoms with Crippen LogP contribution in [0.5, 0.6) is 0 Å². The summed E-state index contributed by atoms with van der Waals surface area (Å²) in [4.78, 5) is 22.2. The SMILES string of the molecule is Cc1cc(NC(=O)N2CC(OC(C)C)C2)cc(-c2ccnc(Cl)n2)c1. The van der Waals surface area contributed by atoms with E-state index in [4.69, 9.17) is 16.3 Å². The second-order valence-corrected chi connectivity index (χ2v) is 6.78. The molecule has 0 atom stereocenters. The largest absolute Gasteiger partial charge is 0.372 e. The summed E-state index contributed by atoms with van der Waals surface area (Å²) in [5.41, 5.74) is 3.34. The number of ether oxygens (including phenoxy) is 1. The lowest BCUT2D eigenvalue weighted by molar-refractivity contribution is -0.0624. The molecule has 2 aromatic rings. The number of anilines is 1. The average Bonchev–Trinajstić information content (AvgIpc) is 2.49. The minimum absolute atomic E-state index is 0.124. The van der Waals surface area contributed by atoms with Gasteiger partial charge < -0.3 is 15.0 Å². The van der Waals surface area contributed by atoms with Crippen LogP contribution in [0, 0.1) is 6.92 Å². The van der Waals surface area contributed by atoms with Crippen LogP contribution in [0.1, 0.15) is 19.4 Å². The summed E-state index contributed by atoms with van der Waals surface area (Å²) in [5.74, 6) is 0. The number of nitrogens with zero attached hydrogens (tertiary/aromatic N) is 3. The van der Waals surface area contributed by atoms with E-state index in [-0.39, 0.29) is 23.5 Å². The summed E-state index contributed by atoms with van der Waals surface area (Å²) in [7, 11) is 0. The van der Waals surface area contributed by atoms with Crippen LogP contribution in [0.2, 0.25) is 5.28 Å². The Morgan fingerprint density at radius 1 is 1.36 bits per heavy atom. The maximum absolute atomic E-state index is 12.4. The number of carbonyl (C=O) groups excluding carboxylic acids is 1. The molecule has 0 saturated carbocycles. The Balaban J connectivity index is 1.68. The molecule has 3 rings (SSSR count). The Kier molecular flexibility index (Phi) is 5.20. The van der Waals surface area contributed by atoms with Gasteiger partial charge in [0.2, 0.25) is 5.28 Å². The van der Waals surface area contributed by atoms with Gasteiger partial charge in [0.25, 0.3) is 0 Å². The number of rotatable bonds is 4. The normalized spacial score (nSPS) is 14.5. The van der Waals surface area contributed by atoms with Crippen molar-refractivity contribution < 1.29 is 9.53 Å². The third-order valence-corrected chi connectivity index (χ3v) is 4.03. The molecular formula is C18H21ClN4O2. The van der Waals surface area contributed by atoms with Gasteiger partial charge in [-0.05, 0) is 62.2 Å². The molecule has 0 aliphatic carbocycles. The van der Waals surface area contributed by atoms with Crippen molar-refractivity contribution in [1.29, 1.82) is 0 Å². The van der Waals surface area contributed by atoms with Gasteiger partial charge in [0, 0.05) is 17.4 Å². The molecule has 7 heteroatoms. The molecular weight excluding hydrogens is 340 g/mol. The number of urea groups is 1. The fourth-order valence-electron chi connectivity index (χ4n) is 2.78. The molecule has 0 bridgehead atoms. The van der Waals surface area contributed by atoms with Crippen molar-refractivity contribution >= 4 is 23.3 Å². The zero-order valence-corrected chi connectivity index (χ0v) is 15.2. The smallest absolute Gasteiger partial charge is 0.322 e. The Morgan fingerprint density at radius 3 is 2.80 bits per heavy atom. The molecule has 1 aliphatic rings. The summed E-state index contributed by atoms with van der Waals surface area (Å²) in [6.07, 6.45) is 1.91. The first kappa shape index (κ1) is 17.6. The molecule has 2 amide bonds. The van der Waals surface area contributed by atoms with Gasteiger partial charge in [-0.1, -0.05) is 0 Å². The Morgan fingerprint density at radius 2 is 2.12 bits per heavy atom. The highest BCUT2D eigenvalue weighted by Crippen LogP contribution is 2.24. The minimum atomic E-state index is -0.124. The van der Waals surface area contributed by atoms with Crippen molar-refractivity contribution in [3.8, 4) is 11.3 Å². The molecule has 132 valence electrons. The first-order valence-electron chi connectivity index (χ1n) is 8.22. The van der Waals surface area contributed by atoms with Crippen LogP contribution < -0.4 is 5.32 Å². The number of nitrogens with one attached hydrogen (secondary N) is 1. The molecule has 6 nitrogen and oxygen atoms in total. The summed E-state index contributed by atoms with van der Waals surface area (Å²) < 4.78 is 5.68. The van der Waals surface area contributed by atoms with Crippen LogP contribution in [0.3, 0.4) is 0 Å². The minimum Gasteiger partial charge on any atom is -0.372 e. The molecule has 25 heavy (non-hydrogen) atoms. The number of aromatic nitrogens is 2. The number of likely N-dealkylation sites (tertiary alicyclic amines) is 1. The molecule has 0 spiro atoms. The Hall–Kier alpha value is -2.18. The lowest BCUT2D eigenvalue weighted by Gasteiger charge is -2.39. The quantitative estimate of drug-likeness (QED) is 0.843. The van der Waals surface area contributed by atoms with Crippen molar-refractivity contribution in [3.63, 3.8) is 0 Å². The maximum Gasteiger partial charge on any atom is 0.322 e. The predicted molar refractivity (Wildman–Crippen MR) is 97.8 cm³/mol. The number of benzene rings is 1. The van der Waals surface area contributed by atoms with Gasteiger partial charge in [0.1, 0.15) is 0 Å². The number of halogens is 1. The highest BCUT2D eigenvalue weighted by molar-refractivity contribution is 6.28. The van der Waals surface area contributed by atoms with E-state index >= 15 is 0 Å². The van der Waals surface area contributed by atoms with Gasteiger partial charge in [-0.3, -0.25) is 0 Å². The first-order chi connectivity index (χ1) is 11.9. The summed E-state index contributed by atoms with van der Waals surface area (Å²) in [5, 5.41) is 3.13. The van der Waals surface area contributed by atoms with E-state index in [2.05, 4.69) is 15.3 Å². The topological polar surface area (TPSA) is 67.4 Å². The average molecular weight is 361 g/mol. The van der Waals surface area contributed by atoms with E-state index in [1.807, 2.05) is 39.0 Å². The summed E-state index contributed by atoms with van der Waals surface area (Å²) in [6, 6.07) is 7.46. The van der Waals surface area contributed by atoms with Crippen LogP contribution in [-0.2, 0) is 4.74 Å². The van der Waals surface area contributed by atoms with Crippen molar-refractivity contribution in [2.75, 3.05) is 18.4 Å². The van der Waals surface area contributed by atoms with Gasteiger partial charge in [-0.15, -0.1) is 0 Å². The highest BCUT2D eigenvalue weighted by atomic mass is 35.5. The van der Waals surface area contributed by atoms with Crippen molar-refractivity contribution in [2.45, 2.75) is 33.0 Å². The first-order valence-corrected chi connectivity index (χ1v) is 8.60. The number of amides is 2. The zero-order chi connectivity index (χ0) is 18.0. The standard InChI is InChI=1S/C18H21ClN4O2/c1-11(2)25-15-9-23(10-15)18(24)21-14-7-12(3)6-13(8-14)16-4-5-20-17(19)22-16/h4-8,11,15H,9-10H2,1-3H3,(H,21,24). The second kappa shape index (κ2) is 7.37. The monoisotopic (exact) mass is 360 g/mol. The van der Waals surface area contributed by atoms with Crippen LogP contribution in [0.15, 0.2) is 30.5 Å². The van der Waals surface area contributed by atoms with Gasteiger partial charge in [0.05, 0.1) is 31.0 Å². The van der Waals surface area contributed by atoms with Crippen LogP contribution in [0.4, 0.5) is 10.5 Å². The fraction of sp³-hybridized carbons (Fsp3) is 0.389. The molecule has 1 N–H and O–H groups in total. The molecule has 1 aromatic heterocycles. The summed E-state index contributed by atoms with van der Waals surface area (Å²) >= 11 is 5.87. The second-order valence-electron chi connectivity index (χ2n) is 6.44. The lowest BCUT2D eigenvalue weighted by Crippen LogP contribution is -2.56. The third-order valence-electron chi connectivity index (χ3n) is 3.85. The van der Waals surface area contributed by atoms with Gasteiger partial charge in [0.15, 0.2) is 0 Å². The number of hydrogen-bond acceptors (Lipinski definition) is 4. The van der Waals surface area contributed by atoms with E-state index in [9.17, 15) is 4.79 Å². The van der Waals surface area contributed by atoms with Crippen molar-refractivity contribution in [3.05, 3.63) is 41.3 Å². The Labute approximate surface area is 152 Å². The number of aryl methyl sites for hydroxylation is 1. The molecule has 1 saturated heterocycles. The third kappa shape index (κ3) is 4.46. The van der Waals surface area contributed by atoms with E-state index < -0.39 is 0 Å². The van der Waals surface area contributed by atoms with Gasteiger partial charge in [-0.2, -0.15) is 0 Å². The Bertz CT molecular complexity index is 775. The maximum atomic E-state index is 12.4. The van der Waals surface area contributed by atoms with Crippen molar-refractivity contribution in [2.24, 2.45) is 0 Å². The van der Waals surface area contributed by atoms with Crippen LogP contribution in [0.25, 0.3) is 11.3 Å². The van der Waals surface area contributed by atoms with Crippen molar-refractivity contribution in [1.82, 2.24) is 14.9 Å². The lowest BCUT2D eigenvalue weighted by atomic mass is 10.1. The number of carbonyl (C=O) groups is 1. The molecule has 1 aromatic carbocycles. The molecule has 0 radical (unpaired) electrons.